The monoisotopic (exact) mass is 251 g/mol. The predicted molar refractivity (Wildman–Crippen MR) is 67.5 cm³/mol. The Balaban J connectivity index is 2.38. The Morgan fingerprint density at radius 1 is 1.41 bits per heavy atom. The largest absolute Gasteiger partial charge is 0.496 e. The molecule has 0 fully saturated rings. The van der Waals surface area contributed by atoms with E-state index in [1.807, 2.05) is 32.0 Å². The first-order valence-corrected chi connectivity index (χ1v) is 5.80. The minimum atomic E-state index is -0.226. The molecule has 0 aliphatic heterocycles. The molecule has 0 amide bonds. The number of oxazole rings is 1. The van der Waals surface area contributed by atoms with Gasteiger partial charge in [0.25, 0.3) is 0 Å². The number of rotatable bonds is 3. The van der Waals surface area contributed by atoms with Crippen molar-refractivity contribution in [3.05, 3.63) is 35.9 Å². The lowest BCUT2D eigenvalue weighted by atomic mass is 10.1. The van der Waals surface area contributed by atoms with Crippen molar-refractivity contribution < 1.29 is 9.15 Å². The number of aromatic nitrogens is 1. The van der Waals surface area contributed by atoms with E-state index in [0.717, 1.165) is 16.9 Å². The molecule has 0 saturated heterocycles. The van der Waals surface area contributed by atoms with Gasteiger partial charge in [-0.3, -0.25) is 0 Å². The lowest BCUT2D eigenvalue weighted by Gasteiger charge is -2.05. The number of hydrogen-bond acceptors (Lipinski definition) is 3. The van der Waals surface area contributed by atoms with Crippen LogP contribution >= 0.6 is 11.6 Å². The van der Waals surface area contributed by atoms with Gasteiger partial charge in [-0.05, 0) is 25.5 Å². The maximum atomic E-state index is 5.91. The minimum Gasteiger partial charge on any atom is -0.496 e. The van der Waals surface area contributed by atoms with E-state index >= 15 is 0 Å². The van der Waals surface area contributed by atoms with E-state index in [2.05, 4.69) is 4.98 Å². The van der Waals surface area contributed by atoms with Gasteiger partial charge < -0.3 is 9.15 Å². The van der Waals surface area contributed by atoms with Crippen LogP contribution in [0.3, 0.4) is 0 Å². The van der Waals surface area contributed by atoms with Gasteiger partial charge in [0.2, 0.25) is 5.89 Å². The van der Waals surface area contributed by atoms with Gasteiger partial charge >= 0.3 is 0 Å². The smallest absolute Gasteiger partial charge is 0.212 e. The zero-order valence-electron chi connectivity index (χ0n) is 10.0. The second kappa shape index (κ2) is 4.80. The molecule has 1 atom stereocenters. The standard InChI is InChI=1S/C13H14ClNO2/c1-8-4-5-10(6-11(8)16-3)12-7-15-13(17-12)9(2)14/h4-7,9H,1-3H3. The van der Waals surface area contributed by atoms with Gasteiger partial charge in [-0.2, -0.15) is 0 Å². The summed E-state index contributed by atoms with van der Waals surface area (Å²) in [6.45, 7) is 3.82. The number of alkyl halides is 1. The fourth-order valence-electron chi connectivity index (χ4n) is 1.58. The van der Waals surface area contributed by atoms with Crippen LogP contribution in [0.4, 0.5) is 0 Å². The van der Waals surface area contributed by atoms with Gasteiger partial charge in [-0.1, -0.05) is 12.1 Å². The summed E-state index contributed by atoms with van der Waals surface area (Å²) in [5.74, 6) is 2.06. The lowest BCUT2D eigenvalue weighted by molar-refractivity contribution is 0.411. The van der Waals surface area contributed by atoms with E-state index in [1.54, 1.807) is 13.3 Å². The second-order valence-corrected chi connectivity index (χ2v) is 4.52. The average Bonchev–Trinajstić information content (AvgIpc) is 2.79. The second-order valence-electron chi connectivity index (χ2n) is 3.86. The van der Waals surface area contributed by atoms with Gasteiger partial charge in [0.1, 0.15) is 11.1 Å². The van der Waals surface area contributed by atoms with Crippen molar-refractivity contribution in [2.75, 3.05) is 7.11 Å². The molecule has 2 aromatic rings. The van der Waals surface area contributed by atoms with E-state index in [9.17, 15) is 0 Å². The number of nitrogens with zero attached hydrogens (tertiary/aromatic N) is 1. The Bertz CT molecular complexity index is 520. The Morgan fingerprint density at radius 3 is 2.76 bits per heavy atom. The molecule has 4 heteroatoms. The highest BCUT2D eigenvalue weighted by atomic mass is 35.5. The van der Waals surface area contributed by atoms with Crippen molar-refractivity contribution in [2.45, 2.75) is 19.2 Å². The quantitative estimate of drug-likeness (QED) is 0.775. The first-order valence-electron chi connectivity index (χ1n) is 5.36. The molecule has 17 heavy (non-hydrogen) atoms. The minimum absolute atomic E-state index is 0.226. The summed E-state index contributed by atoms with van der Waals surface area (Å²) in [5.41, 5.74) is 2.02. The van der Waals surface area contributed by atoms with Crippen LogP contribution in [0.2, 0.25) is 0 Å². The van der Waals surface area contributed by atoms with Gasteiger partial charge in [0.15, 0.2) is 5.76 Å². The molecule has 3 nitrogen and oxygen atoms in total. The normalized spacial score (nSPS) is 12.5. The number of aryl methyl sites for hydroxylation is 1. The molecule has 0 bridgehead atoms. The molecule has 0 radical (unpaired) electrons. The van der Waals surface area contributed by atoms with Crippen molar-refractivity contribution in [1.82, 2.24) is 4.98 Å². The van der Waals surface area contributed by atoms with Crippen molar-refractivity contribution in [2.24, 2.45) is 0 Å². The molecule has 1 aromatic carbocycles. The Kier molecular flexibility index (Phi) is 3.38. The van der Waals surface area contributed by atoms with Gasteiger partial charge in [-0.15, -0.1) is 11.6 Å². The first kappa shape index (κ1) is 12.0. The topological polar surface area (TPSA) is 35.3 Å². The van der Waals surface area contributed by atoms with Crippen LogP contribution < -0.4 is 4.74 Å². The van der Waals surface area contributed by atoms with Crippen LogP contribution in [0.15, 0.2) is 28.8 Å². The molecule has 1 heterocycles. The predicted octanol–water partition coefficient (Wildman–Crippen LogP) is 3.96. The number of benzene rings is 1. The van der Waals surface area contributed by atoms with Crippen LogP contribution in [0.1, 0.15) is 23.8 Å². The fourth-order valence-corrected chi connectivity index (χ4v) is 1.68. The molecule has 0 N–H and O–H groups in total. The zero-order chi connectivity index (χ0) is 12.4. The third-order valence-corrected chi connectivity index (χ3v) is 2.74. The summed E-state index contributed by atoms with van der Waals surface area (Å²) in [5, 5.41) is -0.226. The van der Waals surface area contributed by atoms with E-state index in [4.69, 9.17) is 20.8 Å². The van der Waals surface area contributed by atoms with Crippen LogP contribution in [0.25, 0.3) is 11.3 Å². The zero-order valence-corrected chi connectivity index (χ0v) is 10.8. The Hall–Kier alpha value is -1.48. The van der Waals surface area contributed by atoms with Gasteiger partial charge in [-0.25, -0.2) is 4.98 Å². The van der Waals surface area contributed by atoms with Gasteiger partial charge in [0.05, 0.1) is 13.3 Å². The maximum Gasteiger partial charge on any atom is 0.212 e. The van der Waals surface area contributed by atoms with Crippen molar-refractivity contribution in [3.8, 4) is 17.1 Å². The molecular formula is C13H14ClNO2. The van der Waals surface area contributed by atoms with E-state index in [-0.39, 0.29) is 5.38 Å². The number of halogens is 1. The molecule has 0 spiro atoms. The third-order valence-electron chi connectivity index (χ3n) is 2.56. The van der Waals surface area contributed by atoms with Crippen molar-refractivity contribution in [1.29, 1.82) is 0 Å². The highest BCUT2D eigenvalue weighted by Gasteiger charge is 2.11. The van der Waals surface area contributed by atoms with Crippen LogP contribution in [0.5, 0.6) is 5.75 Å². The molecule has 2 rings (SSSR count). The highest BCUT2D eigenvalue weighted by molar-refractivity contribution is 6.20. The number of methoxy groups -OCH3 is 1. The van der Waals surface area contributed by atoms with Crippen molar-refractivity contribution in [3.63, 3.8) is 0 Å². The van der Waals surface area contributed by atoms with E-state index in [1.165, 1.54) is 0 Å². The first-order chi connectivity index (χ1) is 8.11. The SMILES string of the molecule is COc1cc(-c2cnc(C(C)Cl)o2)ccc1C. The third kappa shape index (κ3) is 2.44. The van der Waals surface area contributed by atoms with Crippen LogP contribution in [-0.4, -0.2) is 12.1 Å². The van der Waals surface area contributed by atoms with Crippen LogP contribution in [0, 0.1) is 6.92 Å². The van der Waals surface area contributed by atoms with E-state index < -0.39 is 0 Å². The summed E-state index contributed by atoms with van der Waals surface area (Å²) in [7, 11) is 1.65. The lowest BCUT2D eigenvalue weighted by Crippen LogP contribution is -1.87. The Morgan fingerprint density at radius 2 is 2.18 bits per heavy atom. The summed E-state index contributed by atoms with van der Waals surface area (Å²) < 4.78 is 10.8. The summed E-state index contributed by atoms with van der Waals surface area (Å²) in [6.07, 6.45) is 1.68. The fraction of sp³-hybridized carbons (Fsp3) is 0.308. The van der Waals surface area contributed by atoms with E-state index in [0.29, 0.717) is 11.7 Å². The maximum absolute atomic E-state index is 5.91. The van der Waals surface area contributed by atoms with Crippen LogP contribution in [-0.2, 0) is 0 Å². The molecule has 1 unspecified atom stereocenters. The summed E-state index contributed by atoms with van der Waals surface area (Å²) >= 11 is 5.91. The average molecular weight is 252 g/mol. The Labute approximate surface area is 105 Å². The number of ether oxygens (including phenoxy) is 1. The molecule has 1 aromatic heterocycles. The summed E-state index contributed by atoms with van der Waals surface area (Å²) in [6, 6.07) is 5.89. The summed E-state index contributed by atoms with van der Waals surface area (Å²) in [4.78, 5) is 4.13. The molecule has 0 aliphatic rings. The van der Waals surface area contributed by atoms with Gasteiger partial charge in [0, 0.05) is 5.56 Å². The molecule has 0 saturated carbocycles. The molecule has 0 aliphatic carbocycles. The molecular weight excluding hydrogens is 238 g/mol. The number of hydrogen-bond donors (Lipinski definition) is 0. The molecule has 90 valence electrons. The van der Waals surface area contributed by atoms with Crippen molar-refractivity contribution >= 4 is 11.6 Å². The highest BCUT2D eigenvalue weighted by Crippen LogP contribution is 2.29.